The zero-order valence-corrected chi connectivity index (χ0v) is 44.1. The minimum Gasteiger partial charge on any atom is -0.467 e. The fourth-order valence-corrected chi connectivity index (χ4v) is 7.89. The Balaban J connectivity index is 0.000000284. The highest BCUT2D eigenvalue weighted by Gasteiger charge is 2.53. The van der Waals surface area contributed by atoms with Gasteiger partial charge in [-0.1, -0.05) is 75.2 Å². The van der Waals surface area contributed by atoms with E-state index >= 15 is 0 Å². The van der Waals surface area contributed by atoms with E-state index < -0.39 is 75.8 Å². The second-order valence-corrected chi connectivity index (χ2v) is 20.2. The van der Waals surface area contributed by atoms with Crippen LogP contribution in [0.1, 0.15) is 113 Å². The third-order valence-electron chi connectivity index (χ3n) is 12.6. The highest BCUT2D eigenvalue weighted by atomic mass is 35.5. The summed E-state index contributed by atoms with van der Waals surface area (Å²) < 4.78 is 165. The van der Waals surface area contributed by atoms with Crippen molar-refractivity contribution in [3.63, 3.8) is 0 Å². The number of carbonyl (C=O) groups excluding carboxylic acids is 2. The summed E-state index contributed by atoms with van der Waals surface area (Å²) in [5, 5.41) is 0.349. The maximum atomic E-state index is 13.5. The number of rotatable bonds is 15. The van der Waals surface area contributed by atoms with Crippen molar-refractivity contribution < 1.29 is 67.0 Å². The smallest absolute Gasteiger partial charge is 0.416 e. The van der Waals surface area contributed by atoms with Gasteiger partial charge in [0.1, 0.15) is 28.2 Å². The van der Waals surface area contributed by atoms with Gasteiger partial charge in [-0.3, -0.25) is 14.6 Å². The molecule has 2 heterocycles. The number of Topliss-reactive ketones (excluding diaryl/α,β-unsaturated/α-hetero) is 2. The Morgan fingerprint density at radius 2 is 0.948 bits per heavy atom. The number of hydrogen-bond donors (Lipinski definition) is 1. The van der Waals surface area contributed by atoms with E-state index in [2.05, 4.69) is 29.9 Å². The molecule has 0 bridgehead atoms. The van der Waals surface area contributed by atoms with Gasteiger partial charge >= 0.3 is 36.4 Å². The average Bonchev–Trinajstić information content (AvgIpc) is 3.33. The van der Waals surface area contributed by atoms with Crippen LogP contribution in [0, 0.1) is 10.8 Å². The van der Waals surface area contributed by atoms with Crippen molar-refractivity contribution in [3.05, 3.63) is 127 Å². The van der Waals surface area contributed by atoms with Gasteiger partial charge in [-0.15, -0.1) is 0 Å². The van der Waals surface area contributed by atoms with Crippen molar-refractivity contribution in [2.45, 2.75) is 118 Å². The Hall–Kier alpha value is -6.42. The number of methoxy groups -OCH3 is 1. The van der Waals surface area contributed by atoms with Crippen LogP contribution in [0.5, 0.6) is 6.01 Å². The van der Waals surface area contributed by atoms with E-state index in [1.807, 2.05) is 0 Å². The average molecular weight is 1130 g/mol. The molecule has 4 aromatic carbocycles. The fraction of sp³-hybridized carbons (Fsp3) is 0.396. The number of aromatic nitrogens is 6. The number of H-pyrrole nitrogens is 1. The molecule has 0 spiro atoms. The van der Waals surface area contributed by atoms with Crippen molar-refractivity contribution in [1.29, 1.82) is 0 Å². The number of hydrogen-bond acceptors (Lipinski definition) is 9. The van der Waals surface area contributed by atoms with Crippen molar-refractivity contribution in [2.75, 3.05) is 7.11 Å². The molecule has 10 nitrogen and oxygen atoms in total. The first-order valence-electron chi connectivity index (χ1n) is 23.4. The molecule has 77 heavy (non-hydrogen) atoms. The maximum Gasteiger partial charge on any atom is 0.416 e. The highest BCUT2D eigenvalue weighted by molar-refractivity contribution is 6.33. The summed E-state index contributed by atoms with van der Waals surface area (Å²) in [6.45, 7) is 9.80. The Kier molecular flexibility index (Phi) is 18.6. The predicted octanol–water partition coefficient (Wildman–Crippen LogP) is 15.5. The first kappa shape index (κ1) is 61.4. The number of nitrogens with one attached hydrogen (secondary N) is 1. The number of nitrogens with zero attached hydrogens (tertiary/aromatic N) is 5. The van der Waals surface area contributed by atoms with Gasteiger partial charge in [0, 0.05) is 35.1 Å². The number of alkyl halides is 12. The molecule has 6 rings (SSSR count). The van der Waals surface area contributed by atoms with E-state index in [0.29, 0.717) is 16.7 Å². The first-order valence-corrected chi connectivity index (χ1v) is 24.1. The van der Waals surface area contributed by atoms with Crippen LogP contribution < -0.4 is 10.4 Å². The largest absolute Gasteiger partial charge is 0.467 e. The molecule has 0 amide bonds. The zero-order valence-electron chi connectivity index (χ0n) is 42.6. The van der Waals surface area contributed by atoms with Crippen molar-refractivity contribution in [2.24, 2.45) is 10.8 Å². The Bertz CT molecular complexity index is 3200. The summed E-state index contributed by atoms with van der Waals surface area (Å²) in [5.74, 6) is -2.97. The van der Waals surface area contributed by atoms with Gasteiger partial charge in [0.15, 0.2) is 17.5 Å². The Morgan fingerprint density at radius 1 is 0.545 bits per heavy atom. The van der Waals surface area contributed by atoms with Crippen LogP contribution in [-0.4, -0.2) is 60.9 Å². The number of aryl methyl sites for hydroxylation is 2. The summed E-state index contributed by atoms with van der Waals surface area (Å²) in [4.78, 5) is 60.1. The molecule has 0 atom stereocenters. The molecule has 2 aromatic heterocycles. The molecule has 0 fully saturated rings. The van der Waals surface area contributed by atoms with Crippen molar-refractivity contribution in [1.82, 2.24) is 29.9 Å². The number of aromatic amines is 1. The monoisotopic (exact) mass is 1130 g/mol. The third kappa shape index (κ3) is 14.6. The fourth-order valence-electron chi connectivity index (χ4n) is 7.48. The van der Waals surface area contributed by atoms with E-state index in [-0.39, 0.29) is 92.9 Å². The van der Waals surface area contributed by atoms with E-state index in [4.69, 9.17) is 27.9 Å². The number of carbonyl (C=O) groups is 2. The van der Waals surface area contributed by atoms with Crippen LogP contribution in [0.25, 0.3) is 45.6 Å². The molecule has 0 saturated carbocycles. The summed E-state index contributed by atoms with van der Waals surface area (Å²) in [6.07, 6.45) is -19.2. The minimum atomic E-state index is -4.69. The lowest BCUT2D eigenvalue weighted by molar-refractivity contribution is -0.211. The Labute approximate surface area is 444 Å². The van der Waals surface area contributed by atoms with E-state index in [0.717, 1.165) is 39.8 Å². The molecule has 0 radical (unpaired) electrons. The molecular formula is C53H50Cl2F12N6O4. The lowest BCUT2D eigenvalue weighted by Gasteiger charge is -2.26. The number of ether oxygens (including phenoxy) is 1. The van der Waals surface area contributed by atoms with E-state index in [1.54, 1.807) is 39.8 Å². The summed E-state index contributed by atoms with van der Waals surface area (Å²) in [5.41, 5.74) is -5.38. The van der Waals surface area contributed by atoms with Gasteiger partial charge in [0.05, 0.1) is 28.3 Å². The number of halogens is 14. The Morgan fingerprint density at radius 3 is 1.35 bits per heavy atom. The second-order valence-electron chi connectivity index (χ2n) is 19.4. The van der Waals surface area contributed by atoms with Gasteiger partial charge in [-0.2, -0.15) is 67.6 Å². The molecule has 1 N–H and O–H groups in total. The molecule has 0 aliphatic rings. The summed E-state index contributed by atoms with van der Waals surface area (Å²) in [6, 6.07) is 15.9. The zero-order chi connectivity index (χ0) is 58.0. The predicted molar refractivity (Wildman–Crippen MR) is 265 cm³/mol. The molecular weight excluding hydrogens is 1080 g/mol. The van der Waals surface area contributed by atoms with Gasteiger partial charge in [0.2, 0.25) is 0 Å². The molecule has 0 saturated heterocycles. The lowest BCUT2D eigenvalue weighted by atomic mass is 9.84. The van der Waals surface area contributed by atoms with Gasteiger partial charge in [-0.05, 0) is 123 Å². The molecule has 6 aromatic rings. The SMILES string of the molecule is CC(C)c1cc(-c2nc(-c3cc(CCC(=O)C(C)(C)C(F)(F)F)ccc3Cl)[nH]c(=O)n2)ccc1C(F)(F)F.COc1nc(-c2ccc(C(F)(F)F)c(C(C)C)c2)nc(-c2cc(CCC(=O)C(C)(C)C(F)(F)F)ccc2Cl)n1. The maximum absolute atomic E-state index is 13.5. The van der Waals surface area contributed by atoms with Gasteiger partial charge in [-0.25, -0.2) is 14.8 Å². The number of benzene rings is 4. The van der Waals surface area contributed by atoms with Crippen LogP contribution in [0.4, 0.5) is 52.7 Å². The normalized spacial score (nSPS) is 12.7. The van der Waals surface area contributed by atoms with E-state index in [9.17, 15) is 67.1 Å². The van der Waals surface area contributed by atoms with Crippen LogP contribution >= 0.6 is 23.2 Å². The molecule has 0 unspecified atom stereocenters. The van der Waals surface area contributed by atoms with E-state index in [1.165, 1.54) is 55.6 Å². The lowest BCUT2D eigenvalue weighted by Crippen LogP contribution is -2.39. The van der Waals surface area contributed by atoms with Crippen molar-refractivity contribution in [3.8, 4) is 51.6 Å². The second kappa shape index (κ2) is 23.3. The van der Waals surface area contributed by atoms with Crippen LogP contribution in [-0.2, 0) is 34.8 Å². The highest BCUT2D eigenvalue weighted by Crippen LogP contribution is 2.43. The minimum absolute atomic E-state index is 0.00640. The van der Waals surface area contributed by atoms with Gasteiger partial charge < -0.3 is 4.74 Å². The topological polar surface area (TPSA) is 141 Å². The summed E-state index contributed by atoms with van der Waals surface area (Å²) in [7, 11) is 1.31. The van der Waals surface area contributed by atoms with Crippen LogP contribution in [0.2, 0.25) is 10.0 Å². The molecule has 0 aliphatic carbocycles. The molecule has 24 heteroatoms. The van der Waals surface area contributed by atoms with Gasteiger partial charge in [0.25, 0.3) is 0 Å². The number of ketones is 2. The third-order valence-corrected chi connectivity index (χ3v) is 13.2. The molecule has 0 aliphatic heterocycles. The standard InChI is InChI=1S/C27H26ClF6N3O2.C26H24ClF6N3O2/c1-14(2)17-13-16(8-9-19(17)26(29,30)31)22-35-23(37-24(36-22)39-5)18-12-15(6-10-20(18)28)7-11-21(38)25(3,4)27(32,33)34;1-13(2)16-12-15(7-8-18(16)25(28,29)30)21-34-22(36-23(38)35-21)17-11-14(5-9-19(17)27)6-10-20(37)24(3,4)26(31,32)33/h6,8-10,12-14H,7,11H2,1-5H3;5,7-9,11-13H,6,10H2,1-4H3,(H,34,35,36,38). The molecule has 414 valence electrons. The van der Waals surface area contributed by atoms with Crippen LogP contribution in [0.3, 0.4) is 0 Å². The summed E-state index contributed by atoms with van der Waals surface area (Å²) >= 11 is 12.7. The first-order chi connectivity index (χ1) is 35.4. The quantitative estimate of drug-likeness (QED) is 0.0995. The van der Waals surface area contributed by atoms with Crippen LogP contribution in [0.15, 0.2) is 77.6 Å². The van der Waals surface area contributed by atoms with Crippen molar-refractivity contribution >= 4 is 34.8 Å².